The van der Waals surface area contributed by atoms with Crippen molar-refractivity contribution in [1.29, 1.82) is 0 Å². The average molecular weight is 372 g/mol. The Morgan fingerprint density at radius 3 is 2.96 bits per heavy atom. The molecule has 0 spiro atoms. The lowest BCUT2D eigenvalue weighted by atomic mass is 10.3. The molecule has 9 heteroatoms. The number of amides is 1. The normalized spacial score (nSPS) is 10.6. The van der Waals surface area contributed by atoms with Crippen LogP contribution in [0.2, 0.25) is 5.02 Å². The Bertz CT molecular complexity index is 680. The topological polar surface area (TPSA) is 86.5 Å². The number of methoxy groups -OCH3 is 1. The number of anilines is 1. The van der Waals surface area contributed by atoms with Crippen LogP contribution in [0.3, 0.4) is 0 Å². The third kappa shape index (κ3) is 5.70. The summed E-state index contributed by atoms with van der Waals surface area (Å²) < 4.78 is 15.4. The number of nitrogens with one attached hydrogen (secondary N) is 1. The van der Waals surface area contributed by atoms with E-state index in [0.29, 0.717) is 47.1 Å². The van der Waals surface area contributed by atoms with Gasteiger partial charge in [0, 0.05) is 14.0 Å². The lowest BCUT2D eigenvalue weighted by Gasteiger charge is -2.13. The fraction of sp³-hybridized carbons (Fsp3) is 0.400. The largest absolute Gasteiger partial charge is 0.487 e. The van der Waals surface area contributed by atoms with Crippen molar-refractivity contribution < 1.29 is 18.8 Å². The van der Waals surface area contributed by atoms with Gasteiger partial charge >= 0.3 is 0 Å². The summed E-state index contributed by atoms with van der Waals surface area (Å²) in [5, 5.41) is 7.00. The van der Waals surface area contributed by atoms with Crippen LogP contribution in [0, 0.1) is 6.92 Å². The summed E-state index contributed by atoms with van der Waals surface area (Å²) >= 11 is 7.52. The Morgan fingerprint density at radius 2 is 2.25 bits per heavy atom. The van der Waals surface area contributed by atoms with Crippen molar-refractivity contribution >= 4 is 35.0 Å². The standard InChI is InChI=1S/C15H18ClN3O4S/c1-10-17-13(19-23-10)8-24-9-14(20)18-12-5-3-4-11(16)15(12)22-7-6-21-2/h3-5H,6-9H2,1-2H3,(H,18,20). The minimum Gasteiger partial charge on any atom is -0.487 e. The quantitative estimate of drug-likeness (QED) is 0.678. The first-order valence-corrected chi connectivity index (χ1v) is 8.70. The van der Waals surface area contributed by atoms with E-state index >= 15 is 0 Å². The number of carbonyl (C=O) groups is 1. The summed E-state index contributed by atoms with van der Waals surface area (Å²) in [7, 11) is 1.58. The molecule has 24 heavy (non-hydrogen) atoms. The molecule has 0 saturated carbocycles. The lowest BCUT2D eigenvalue weighted by Crippen LogP contribution is -2.16. The van der Waals surface area contributed by atoms with Gasteiger partial charge in [0.15, 0.2) is 11.6 Å². The number of rotatable bonds is 9. The minimum atomic E-state index is -0.168. The highest BCUT2D eigenvalue weighted by atomic mass is 35.5. The molecule has 0 saturated heterocycles. The molecule has 1 aromatic heterocycles. The molecule has 0 atom stereocenters. The Labute approximate surface area is 149 Å². The molecule has 1 amide bonds. The van der Waals surface area contributed by atoms with E-state index < -0.39 is 0 Å². The highest BCUT2D eigenvalue weighted by molar-refractivity contribution is 7.99. The fourth-order valence-corrected chi connectivity index (χ4v) is 2.69. The average Bonchev–Trinajstić information content (AvgIpc) is 2.95. The Morgan fingerprint density at radius 1 is 1.42 bits per heavy atom. The van der Waals surface area contributed by atoms with Crippen LogP contribution in [0.5, 0.6) is 5.75 Å². The number of hydrogen-bond donors (Lipinski definition) is 1. The molecule has 2 rings (SSSR count). The maximum absolute atomic E-state index is 12.1. The van der Waals surface area contributed by atoms with Gasteiger partial charge in [0.1, 0.15) is 6.61 Å². The third-order valence-electron chi connectivity index (χ3n) is 2.81. The van der Waals surface area contributed by atoms with E-state index in [-0.39, 0.29) is 11.7 Å². The van der Waals surface area contributed by atoms with Crippen LogP contribution in [0.1, 0.15) is 11.7 Å². The molecule has 130 valence electrons. The Balaban J connectivity index is 1.87. The summed E-state index contributed by atoms with van der Waals surface area (Å²) in [5.74, 6) is 2.08. The fourth-order valence-electron chi connectivity index (χ4n) is 1.80. The number of thioether (sulfide) groups is 1. The molecule has 0 radical (unpaired) electrons. The number of ether oxygens (including phenoxy) is 2. The second-order valence-corrected chi connectivity index (χ2v) is 6.12. The monoisotopic (exact) mass is 371 g/mol. The molecule has 7 nitrogen and oxygen atoms in total. The van der Waals surface area contributed by atoms with E-state index in [9.17, 15) is 4.79 Å². The molecule has 0 aliphatic rings. The molecular formula is C15H18ClN3O4S. The first kappa shape index (κ1) is 18.6. The molecule has 0 aliphatic carbocycles. The van der Waals surface area contributed by atoms with Crippen molar-refractivity contribution in [1.82, 2.24) is 10.1 Å². The molecule has 0 unspecified atom stereocenters. The van der Waals surface area contributed by atoms with Crippen LogP contribution in [0.4, 0.5) is 5.69 Å². The first-order chi connectivity index (χ1) is 11.6. The zero-order valence-electron chi connectivity index (χ0n) is 13.4. The zero-order chi connectivity index (χ0) is 17.4. The summed E-state index contributed by atoms with van der Waals surface area (Å²) in [6, 6.07) is 5.18. The summed E-state index contributed by atoms with van der Waals surface area (Å²) in [6.45, 7) is 2.49. The molecular weight excluding hydrogens is 354 g/mol. The zero-order valence-corrected chi connectivity index (χ0v) is 14.9. The SMILES string of the molecule is COCCOc1c(Cl)cccc1NC(=O)CSCc1noc(C)n1. The Kier molecular flexibility index (Phi) is 7.36. The van der Waals surface area contributed by atoms with E-state index in [4.69, 9.17) is 25.6 Å². The number of aromatic nitrogens is 2. The van der Waals surface area contributed by atoms with E-state index in [1.165, 1.54) is 11.8 Å². The van der Waals surface area contributed by atoms with Gasteiger partial charge in [-0.05, 0) is 12.1 Å². The highest BCUT2D eigenvalue weighted by Gasteiger charge is 2.12. The molecule has 1 aromatic carbocycles. The van der Waals surface area contributed by atoms with Crippen LogP contribution < -0.4 is 10.1 Å². The number of aryl methyl sites for hydroxylation is 1. The predicted octanol–water partition coefficient (Wildman–Crippen LogP) is 2.93. The van der Waals surface area contributed by atoms with Gasteiger partial charge in [0.2, 0.25) is 11.8 Å². The molecule has 0 bridgehead atoms. The van der Waals surface area contributed by atoms with Crippen LogP contribution in [-0.4, -0.2) is 42.1 Å². The molecule has 0 fully saturated rings. The van der Waals surface area contributed by atoms with Gasteiger partial charge in [0.05, 0.1) is 28.8 Å². The minimum absolute atomic E-state index is 0.168. The van der Waals surface area contributed by atoms with E-state index in [1.807, 2.05) is 0 Å². The summed E-state index contributed by atoms with van der Waals surface area (Å²) in [6.07, 6.45) is 0. The summed E-state index contributed by atoms with van der Waals surface area (Å²) in [4.78, 5) is 16.2. The van der Waals surface area contributed by atoms with Crippen molar-refractivity contribution in [3.05, 3.63) is 34.9 Å². The second-order valence-electron chi connectivity index (χ2n) is 4.73. The smallest absolute Gasteiger partial charge is 0.234 e. The van der Waals surface area contributed by atoms with Crippen LogP contribution in [0.15, 0.2) is 22.7 Å². The second kappa shape index (κ2) is 9.51. The predicted molar refractivity (Wildman–Crippen MR) is 92.6 cm³/mol. The third-order valence-corrected chi connectivity index (χ3v) is 4.04. The van der Waals surface area contributed by atoms with Gasteiger partial charge in [-0.25, -0.2) is 0 Å². The van der Waals surface area contributed by atoms with Gasteiger partial charge in [-0.3, -0.25) is 4.79 Å². The highest BCUT2D eigenvalue weighted by Crippen LogP contribution is 2.33. The maximum Gasteiger partial charge on any atom is 0.234 e. The van der Waals surface area contributed by atoms with Crippen molar-refractivity contribution in [2.45, 2.75) is 12.7 Å². The van der Waals surface area contributed by atoms with Gasteiger partial charge in [-0.2, -0.15) is 4.98 Å². The van der Waals surface area contributed by atoms with Crippen LogP contribution >= 0.6 is 23.4 Å². The molecule has 2 aromatic rings. The van der Waals surface area contributed by atoms with Gasteiger partial charge < -0.3 is 19.3 Å². The van der Waals surface area contributed by atoms with Crippen molar-refractivity contribution in [2.24, 2.45) is 0 Å². The number of carbonyl (C=O) groups excluding carboxylic acids is 1. The maximum atomic E-state index is 12.1. The molecule has 0 aliphatic heterocycles. The van der Waals surface area contributed by atoms with Crippen LogP contribution in [0.25, 0.3) is 0 Å². The van der Waals surface area contributed by atoms with E-state index in [1.54, 1.807) is 32.2 Å². The number of para-hydroxylation sites is 1. The Hall–Kier alpha value is -1.77. The van der Waals surface area contributed by atoms with Crippen LogP contribution in [-0.2, 0) is 15.3 Å². The first-order valence-electron chi connectivity index (χ1n) is 7.17. The summed E-state index contributed by atoms with van der Waals surface area (Å²) in [5.41, 5.74) is 0.527. The van der Waals surface area contributed by atoms with Crippen molar-refractivity contribution in [3.8, 4) is 5.75 Å². The lowest BCUT2D eigenvalue weighted by molar-refractivity contribution is -0.113. The van der Waals surface area contributed by atoms with Gasteiger partial charge in [0.25, 0.3) is 0 Å². The van der Waals surface area contributed by atoms with Crippen molar-refractivity contribution in [2.75, 3.05) is 31.4 Å². The number of nitrogens with zero attached hydrogens (tertiary/aromatic N) is 2. The molecule has 1 N–H and O–H groups in total. The van der Waals surface area contributed by atoms with E-state index in [0.717, 1.165) is 0 Å². The van der Waals surface area contributed by atoms with Gasteiger partial charge in [-0.1, -0.05) is 22.8 Å². The van der Waals surface area contributed by atoms with Crippen molar-refractivity contribution in [3.63, 3.8) is 0 Å². The number of halogens is 1. The van der Waals surface area contributed by atoms with Gasteiger partial charge in [-0.15, -0.1) is 11.8 Å². The number of benzene rings is 1. The molecule has 1 heterocycles. The number of hydrogen-bond acceptors (Lipinski definition) is 7. The van der Waals surface area contributed by atoms with E-state index in [2.05, 4.69) is 15.5 Å².